The molecule has 2 atom stereocenters. The molecule has 2 nitrogen and oxygen atoms in total. The smallest absolute Gasteiger partial charge is 0.0701 e. The van der Waals surface area contributed by atoms with Gasteiger partial charge in [0.05, 0.1) is 5.60 Å². The SMILES string of the molecule is NC(c1ccc(Br)cc1)C1CCOC2(CCSCC2)C1. The van der Waals surface area contributed by atoms with Gasteiger partial charge < -0.3 is 10.5 Å². The molecule has 2 unspecified atom stereocenters. The highest BCUT2D eigenvalue weighted by atomic mass is 79.9. The molecule has 0 aromatic heterocycles. The van der Waals surface area contributed by atoms with E-state index in [1.165, 1.54) is 29.9 Å². The minimum atomic E-state index is 0.126. The van der Waals surface area contributed by atoms with Crippen LogP contribution in [0, 0.1) is 5.92 Å². The average Bonchev–Trinajstić information content (AvgIpc) is 2.48. The quantitative estimate of drug-likeness (QED) is 0.865. The van der Waals surface area contributed by atoms with Crippen molar-refractivity contribution in [2.45, 2.75) is 37.3 Å². The van der Waals surface area contributed by atoms with Gasteiger partial charge in [-0.2, -0.15) is 11.8 Å². The van der Waals surface area contributed by atoms with Crippen molar-refractivity contribution in [3.05, 3.63) is 34.3 Å². The van der Waals surface area contributed by atoms with Gasteiger partial charge in [-0.3, -0.25) is 0 Å². The first kappa shape index (κ1) is 14.9. The summed E-state index contributed by atoms with van der Waals surface area (Å²) < 4.78 is 7.28. The van der Waals surface area contributed by atoms with E-state index in [0.29, 0.717) is 5.92 Å². The number of hydrogen-bond donors (Lipinski definition) is 1. The molecule has 3 rings (SSSR count). The highest BCUT2D eigenvalue weighted by molar-refractivity contribution is 9.10. The van der Waals surface area contributed by atoms with Gasteiger partial charge in [0.1, 0.15) is 0 Å². The van der Waals surface area contributed by atoms with Gasteiger partial charge in [-0.05, 0) is 60.8 Å². The lowest BCUT2D eigenvalue weighted by Gasteiger charge is -2.44. The number of benzene rings is 1. The van der Waals surface area contributed by atoms with Crippen LogP contribution in [0.2, 0.25) is 0 Å². The zero-order valence-corrected chi connectivity index (χ0v) is 14.1. The van der Waals surface area contributed by atoms with Crippen LogP contribution in [0.1, 0.15) is 37.3 Å². The van der Waals surface area contributed by atoms with Crippen LogP contribution in [-0.4, -0.2) is 23.7 Å². The van der Waals surface area contributed by atoms with Crippen LogP contribution in [0.3, 0.4) is 0 Å². The van der Waals surface area contributed by atoms with Crippen molar-refractivity contribution in [3.8, 4) is 0 Å². The van der Waals surface area contributed by atoms with E-state index in [9.17, 15) is 0 Å². The Morgan fingerprint density at radius 2 is 1.95 bits per heavy atom. The molecule has 2 fully saturated rings. The molecule has 0 amide bonds. The Balaban J connectivity index is 1.71. The fourth-order valence-corrected chi connectivity index (χ4v) is 4.92. The second-order valence-corrected chi connectivity index (χ2v) is 8.11. The van der Waals surface area contributed by atoms with Crippen molar-refractivity contribution in [2.75, 3.05) is 18.1 Å². The minimum absolute atomic E-state index is 0.126. The Labute approximate surface area is 134 Å². The zero-order chi connectivity index (χ0) is 14.0. The van der Waals surface area contributed by atoms with Crippen molar-refractivity contribution in [1.29, 1.82) is 0 Å². The fourth-order valence-electron chi connectivity index (χ4n) is 3.42. The summed E-state index contributed by atoms with van der Waals surface area (Å²) in [5.41, 5.74) is 7.91. The summed E-state index contributed by atoms with van der Waals surface area (Å²) in [4.78, 5) is 0. The maximum Gasteiger partial charge on any atom is 0.0701 e. The summed E-state index contributed by atoms with van der Waals surface area (Å²) >= 11 is 5.54. The molecule has 1 aromatic rings. The van der Waals surface area contributed by atoms with Gasteiger partial charge >= 0.3 is 0 Å². The van der Waals surface area contributed by atoms with Crippen LogP contribution in [-0.2, 0) is 4.74 Å². The average molecular weight is 356 g/mol. The first-order valence-electron chi connectivity index (χ1n) is 7.41. The lowest BCUT2D eigenvalue weighted by atomic mass is 9.77. The third kappa shape index (κ3) is 3.24. The lowest BCUT2D eigenvalue weighted by molar-refractivity contribution is -0.105. The van der Waals surface area contributed by atoms with E-state index in [2.05, 4.69) is 52.0 Å². The second kappa shape index (κ2) is 6.39. The highest BCUT2D eigenvalue weighted by Crippen LogP contribution is 2.42. The van der Waals surface area contributed by atoms with Gasteiger partial charge in [0, 0.05) is 17.1 Å². The maximum atomic E-state index is 6.53. The van der Waals surface area contributed by atoms with Gasteiger partial charge in [-0.15, -0.1) is 0 Å². The van der Waals surface area contributed by atoms with Crippen LogP contribution in [0.4, 0.5) is 0 Å². The van der Waals surface area contributed by atoms with E-state index in [4.69, 9.17) is 10.5 Å². The summed E-state index contributed by atoms with van der Waals surface area (Å²) in [6, 6.07) is 8.60. The van der Waals surface area contributed by atoms with E-state index >= 15 is 0 Å². The van der Waals surface area contributed by atoms with Gasteiger partial charge in [-0.1, -0.05) is 28.1 Å². The number of thioether (sulfide) groups is 1. The standard InChI is InChI=1S/C16H22BrNOS/c17-14-3-1-12(2-4-14)15(18)13-5-8-19-16(11-13)6-9-20-10-7-16/h1-4,13,15H,5-11,18H2. The van der Waals surface area contributed by atoms with E-state index in [1.54, 1.807) is 0 Å². The van der Waals surface area contributed by atoms with E-state index in [0.717, 1.165) is 23.9 Å². The van der Waals surface area contributed by atoms with Gasteiger partial charge in [0.15, 0.2) is 0 Å². The monoisotopic (exact) mass is 355 g/mol. The van der Waals surface area contributed by atoms with Gasteiger partial charge in [-0.25, -0.2) is 0 Å². The molecular weight excluding hydrogens is 334 g/mol. The van der Waals surface area contributed by atoms with Crippen LogP contribution < -0.4 is 5.73 Å². The number of hydrogen-bond acceptors (Lipinski definition) is 3. The van der Waals surface area contributed by atoms with Crippen LogP contribution in [0.25, 0.3) is 0 Å². The van der Waals surface area contributed by atoms with Crippen molar-refractivity contribution in [3.63, 3.8) is 0 Å². The van der Waals surface area contributed by atoms with Crippen molar-refractivity contribution in [2.24, 2.45) is 11.7 Å². The third-order valence-corrected chi connectivity index (χ3v) is 6.21. The number of halogens is 1. The summed E-state index contributed by atoms with van der Waals surface area (Å²) in [6.45, 7) is 0.875. The normalized spacial score (nSPS) is 27.4. The molecule has 4 heteroatoms. The second-order valence-electron chi connectivity index (χ2n) is 5.97. The zero-order valence-electron chi connectivity index (χ0n) is 11.7. The topological polar surface area (TPSA) is 35.2 Å². The molecular formula is C16H22BrNOS. The van der Waals surface area contributed by atoms with Crippen LogP contribution in [0.5, 0.6) is 0 Å². The predicted octanol–water partition coefficient (Wildman–Crippen LogP) is 4.14. The molecule has 2 N–H and O–H groups in total. The van der Waals surface area contributed by atoms with Crippen molar-refractivity contribution >= 4 is 27.7 Å². The Kier molecular flexibility index (Phi) is 4.75. The van der Waals surface area contributed by atoms with Gasteiger partial charge in [0.2, 0.25) is 0 Å². The third-order valence-electron chi connectivity index (χ3n) is 4.70. The number of nitrogens with two attached hydrogens (primary N) is 1. The van der Waals surface area contributed by atoms with Crippen molar-refractivity contribution < 1.29 is 4.74 Å². The lowest BCUT2D eigenvalue weighted by Crippen LogP contribution is -2.45. The molecule has 0 bridgehead atoms. The summed E-state index contributed by atoms with van der Waals surface area (Å²) in [6.07, 6.45) is 4.61. The number of ether oxygens (including phenoxy) is 1. The molecule has 1 aromatic carbocycles. The molecule has 0 aliphatic carbocycles. The molecule has 2 saturated heterocycles. The molecule has 2 heterocycles. The van der Waals surface area contributed by atoms with Crippen LogP contribution in [0.15, 0.2) is 28.7 Å². The summed E-state index contributed by atoms with van der Waals surface area (Å²) in [7, 11) is 0. The molecule has 0 saturated carbocycles. The van der Waals surface area contributed by atoms with E-state index in [1.807, 2.05) is 0 Å². The predicted molar refractivity (Wildman–Crippen MR) is 89.0 cm³/mol. The number of rotatable bonds is 2. The molecule has 2 aliphatic heterocycles. The summed E-state index contributed by atoms with van der Waals surface area (Å²) in [5, 5.41) is 0. The Morgan fingerprint density at radius 3 is 2.65 bits per heavy atom. The molecule has 20 heavy (non-hydrogen) atoms. The maximum absolute atomic E-state index is 6.53. The molecule has 1 spiro atoms. The fraction of sp³-hybridized carbons (Fsp3) is 0.625. The molecule has 0 radical (unpaired) electrons. The Morgan fingerprint density at radius 1 is 1.25 bits per heavy atom. The van der Waals surface area contributed by atoms with Gasteiger partial charge in [0.25, 0.3) is 0 Å². The van der Waals surface area contributed by atoms with Crippen molar-refractivity contribution in [1.82, 2.24) is 0 Å². The highest BCUT2D eigenvalue weighted by Gasteiger charge is 2.40. The molecule has 110 valence electrons. The van der Waals surface area contributed by atoms with Crippen LogP contribution >= 0.6 is 27.7 Å². The largest absolute Gasteiger partial charge is 0.375 e. The Hall–Kier alpha value is -0.0300. The van der Waals surface area contributed by atoms with E-state index in [-0.39, 0.29) is 11.6 Å². The summed E-state index contributed by atoms with van der Waals surface area (Å²) in [5.74, 6) is 3.02. The molecule has 2 aliphatic rings. The first-order chi connectivity index (χ1) is 9.69. The van der Waals surface area contributed by atoms with E-state index < -0.39 is 0 Å². The Bertz CT molecular complexity index is 439. The minimum Gasteiger partial charge on any atom is -0.375 e. The first-order valence-corrected chi connectivity index (χ1v) is 9.36.